The van der Waals surface area contributed by atoms with Crippen LogP contribution >= 0.6 is 27.3 Å². The number of benzene rings is 3. The van der Waals surface area contributed by atoms with Crippen LogP contribution in [0.1, 0.15) is 35.7 Å². The molecule has 42 heavy (non-hydrogen) atoms. The van der Waals surface area contributed by atoms with E-state index in [1.807, 2.05) is 61.5 Å². The zero-order valence-corrected chi connectivity index (χ0v) is 25.7. The summed E-state index contributed by atoms with van der Waals surface area (Å²) in [5.41, 5.74) is 1.62. The second kappa shape index (κ2) is 14.2. The second-order valence-corrected chi connectivity index (χ2v) is 12.6. The maximum atomic E-state index is 13.7. The van der Waals surface area contributed by atoms with Crippen LogP contribution in [-0.2, 0) is 10.0 Å². The van der Waals surface area contributed by atoms with E-state index in [0.717, 1.165) is 19.0 Å². The molecular formula is C29H25BrN6O4S2. The first-order valence-electron chi connectivity index (χ1n) is 12.8. The standard InChI is InChI=1S/C29H25BrN6O4S2/c1-2-40-24-10-5-21(6-11-24)20-33-36(29-34-26-14-9-23(30)19-27(26)41-29)28(37)22-7-12-25(13-8-22)42(38,39)35(17-3-15-31)18-4-16-32/h5-14,19-20H,2-4,17-18H2,1H3/b33-20+. The van der Waals surface area contributed by atoms with Crippen LogP contribution in [0.3, 0.4) is 0 Å². The molecule has 1 heterocycles. The molecule has 0 fully saturated rings. The Morgan fingerprint density at radius 3 is 2.33 bits per heavy atom. The van der Waals surface area contributed by atoms with Crippen molar-refractivity contribution < 1.29 is 17.9 Å². The predicted molar refractivity (Wildman–Crippen MR) is 165 cm³/mol. The molecule has 10 nitrogen and oxygen atoms in total. The Morgan fingerprint density at radius 1 is 1.05 bits per heavy atom. The molecule has 0 unspecified atom stereocenters. The molecule has 4 rings (SSSR count). The first-order valence-corrected chi connectivity index (χ1v) is 15.8. The number of carbonyl (C=O) groups is 1. The summed E-state index contributed by atoms with van der Waals surface area (Å²) in [5.74, 6) is 0.207. The van der Waals surface area contributed by atoms with Crippen LogP contribution in [0.15, 0.2) is 81.2 Å². The van der Waals surface area contributed by atoms with Gasteiger partial charge in [0.25, 0.3) is 5.91 Å². The van der Waals surface area contributed by atoms with E-state index >= 15 is 0 Å². The van der Waals surface area contributed by atoms with E-state index in [1.165, 1.54) is 46.8 Å². The topological polar surface area (TPSA) is 140 Å². The number of ether oxygens (including phenoxy) is 1. The third kappa shape index (κ3) is 7.38. The maximum absolute atomic E-state index is 13.7. The largest absolute Gasteiger partial charge is 0.494 e. The number of nitrogens with zero attached hydrogens (tertiary/aromatic N) is 6. The Labute approximate surface area is 256 Å². The fourth-order valence-corrected chi connectivity index (χ4v) is 6.76. The fraction of sp³-hybridized carbons (Fsp3) is 0.207. The molecule has 4 aromatic rings. The number of thiazole rings is 1. The zero-order chi connectivity index (χ0) is 30.1. The predicted octanol–water partition coefficient (Wildman–Crippen LogP) is 5.96. The number of anilines is 1. The van der Waals surface area contributed by atoms with Crippen molar-refractivity contribution in [2.45, 2.75) is 24.7 Å². The van der Waals surface area contributed by atoms with Crippen LogP contribution in [0.2, 0.25) is 0 Å². The molecule has 0 N–H and O–H groups in total. The average molecular weight is 666 g/mol. The third-order valence-electron chi connectivity index (χ3n) is 5.91. The van der Waals surface area contributed by atoms with Crippen LogP contribution in [0.25, 0.3) is 10.2 Å². The maximum Gasteiger partial charge on any atom is 0.280 e. The lowest BCUT2D eigenvalue weighted by Gasteiger charge is -2.20. The SMILES string of the molecule is CCOc1ccc(/C=N/N(C(=O)c2ccc(S(=O)(=O)N(CCC#N)CCC#N)cc2)c2nc3ccc(Br)cc3s2)cc1. The Kier molecular flexibility index (Phi) is 10.4. The summed E-state index contributed by atoms with van der Waals surface area (Å²) in [5, 5.41) is 23.8. The van der Waals surface area contributed by atoms with Gasteiger partial charge in [0.1, 0.15) is 5.75 Å². The summed E-state index contributed by atoms with van der Waals surface area (Å²) < 4.78 is 34.7. The molecule has 214 valence electrons. The van der Waals surface area contributed by atoms with E-state index in [0.29, 0.717) is 23.0 Å². The molecule has 1 amide bonds. The number of nitriles is 2. The Balaban J connectivity index is 1.66. The van der Waals surface area contributed by atoms with Gasteiger partial charge in [-0.05, 0) is 79.2 Å². The van der Waals surface area contributed by atoms with Gasteiger partial charge < -0.3 is 4.74 Å². The number of hydrogen-bond acceptors (Lipinski definition) is 9. The van der Waals surface area contributed by atoms with Gasteiger partial charge in [0.05, 0.1) is 40.1 Å². The fourth-order valence-electron chi connectivity index (χ4n) is 3.85. The van der Waals surface area contributed by atoms with Crippen molar-refractivity contribution in [3.8, 4) is 17.9 Å². The van der Waals surface area contributed by atoms with Crippen LogP contribution in [-0.4, -0.2) is 49.5 Å². The van der Waals surface area contributed by atoms with Crippen LogP contribution < -0.4 is 9.75 Å². The smallest absolute Gasteiger partial charge is 0.280 e. The van der Waals surface area contributed by atoms with Crippen molar-refractivity contribution in [1.29, 1.82) is 10.5 Å². The number of fused-ring (bicyclic) bond motifs is 1. The lowest BCUT2D eigenvalue weighted by molar-refractivity contribution is 0.0987. The van der Waals surface area contributed by atoms with Crippen molar-refractivity contribution in [1.82, 2.24) is 9.29 Å². The van der Waals surface area contributed by atoms with Crippen molar-refractivity contribution >= 4 is 64.8 Å². The lowest BCUT2D eigenvalue weighted by atomic mass is 10.2. The van der Waals surface area contributed by atoms with Crippen molar-refractivity contribution in [3.63, 3.8) is 0 Å². The molecule has 1 aromatic heterocycles. The van der Waals surface area contributed by atoms with Crippen molar-refractivity contribution in [3.05, 3.63) is 82.3 Å². The number of aromatic nitrogens is 1. The number of carbonyl (C=O) groups excluding carboxylic acids is 1. The Bertz CT molecular complexity index is 1760. The highest BCUT2D eigenvalue weighted by atomic mass is 79.9. The summed E-state index contributed by atoms with van der Waals surface area (Å²) >= 11 is 4.75. The lowest BCUT2D eigenvalue weighted by Crippen LogP contribution is -2.33. The number of sulfonamides is 1. The zero-order valence-electron chi connectivity index (χ0n) is 22.5. The number of halogens is 1. The third-order valence-corrected chi connectivity index (χ3v) is 9.31. The molecule has 3 aromatic carbocycles. The second-order valence-electron chi connectivity index (χ2n) is 8.72. The average Bonchev–Trinajstić information content (AvgIpc) is 3.41. The van der Waals surface area contributed by atoms with Crippen LogP contribution in [0, 0.1) is 22.7 Å². The van der Waals surface area contributed by atoms with Gasteiger partial charge in [0.15, 0.2) is 0 Å². The molecule has 0 radical (unpaired) electrons. The van der Waals surface area contributed by atoms with Crippen molar-refractivity contribution in [2.24, 2.45) is 5.10 Å². The van der Waals surface area contributed by atoms with Gasteiger partial charge in [-0.25, -0.2) is 13.4 Å². The van der Waals surface area contributed by atoms with E-state index in [4.69, 9.17) is 15.3 Å². The van der Waals surface area contributed by atoms with Gasteiger partial charge in [-0.3, -0.25) is 4.79 Å². The van der Waals surface area contributed by atoms with Crippen LogP contribution in [0.4, 0.5) is 5.13 Å². The molecule has 0 aliphatic carbocycles. The van der Waals surface area contributed by atoms with E-state index in [1.54, 1.807) is 0 Å². The molecular weight excluding hydrogens is 640 g/mol. The van der Waals surface area contributed by atoms with Crippen LogP contribution in [0.5, 0.6) is 5.75 Å². The highest BCUT2D eigenvalue weighted by Gasteiger charge is 2.26. The molecule has 0 atom stereocenters. The minimum atomic E-state index is -3.98. The quantitative estimate of drug-likeness (QED) is 0.134. The van der Waals surface area contributed by atoms with E-state index in [9.17, 15) is 13.2 Å². The highest BCUT2D eigenvalue weighted by Crippen LogP contribution is 2.32. The van der Waals surface area contributed by atoms with Gasteiger partial charge in [0.2, 0.25) is 15.2 Å². The van der Waals surface area contributed by atoms with Gasteiger partial charge in [-0.15, -0.1) is 0 Å². The Morgan fingerprint density at radius 2 is 1.71 bits per heavy atom. The molecule has 0 bridgehead atoms. The highest BCUT2D eigenvalue weighted by molar-refractivity contribution is 9.10. The number of amides is 1. The minimum absolute atomic E-state index is 0.0126. The summed E-state index contributed by atoms with van der Waals surface area (Å²) in [6.45, 7) is 2.37. The van der Waals surface area contributed by atoms with Gasteiger partial charge in [-0.2, -0.15) is 24.9 Å². The number of rotatable bonds is 12. The van der Waals surface area contributed by atoms with Crippen molar-refractivity contribution in [2.75, 3.05) is 24.7 Å². The molecule has 0 aliphatic heterocycles. The molecule has 0 aliphatic rings. The number of hydrazone groups is 1. The molecule has 0 saturated heterocycles. The molecule has 13 heteroatoms. The number of hydrogen-bond donors (Lipinski definition) is 0. The van der Waals surface area contributed by atoms with E-state index in [2.05, 4.69) is 26.0 Å². The summed E-state index contributed by atoms with van der Waals surface area (Å²) in [4.78, 5) is 18.3. The first-order chi connectivity index (χ1) is 20.3. The summed E-state index contributed by atoms with van der Waals surface area (Å²) in [6.07, 6.45) is 1.51. The van der Waals surface area contributed by atoms with Gasteiger partial charge in [-0.1, -0.05) is 27.3 Å². The first kappa shape index (κ1) is 30.8. The van der Waals surface area contributed by atoms with Gasteiger partial charge >= 0.3 is 0 Å². The minimum Gasteiger partial charge on any atom is -0.494 e. The Hall–Kier alpha value is -4.14. The van der Waals surface area contributed by atoms with Gasteiger partial charge in [0, 0.05) is 36.0 Å². The summed E-state index contributed by atoms with van der Waals surface area (Å²) in [6, 6.07) is 22.2. The molecule has 0 spiro atoms. The van der Waals surface area contributed by atoms with E-state index in [-0.39, 0.29) is 36.4 Å². The normalized spacial score (nSPS) is 11.5. The molecule has 0 saturated carbocycles. The van der Waals surface area contributed by atoms with E-state index < -0.39 is 15.9 Å². The monoisotopic (exact) mass is 664 g/mol. The summed E-state index contributed by atoms with van der Waals surface area (Å²) in [7, 11) is -3.98.